The van der Waals surface area contributed by atoms with Crippen molar-refractivity contribution in [1.82, 2.24) is 15.2 Å². The van der Waals surface area contributed by atoms with E-state index in [1.165, 1.54) is 31.2 Å². The van der Waals surface area contributed by atoms with Gasteiger partial charge in [-0.1, -0.05) is 6.92 Å². The second kappa shape index (κ2) is 10.3. The summed E-state index contributed by atoms with van der Waals surface area (Å²) in [6, 6.07) is 4.11. The molecule has 1 aromatic rings. The van der Waals surface area contributed by atoms with Gasteiger partial charge in [0, 0.05) is 51.0 Å². The fraction of sp³-hybridized carbons (Fsp3) is 0.727. The van der Waals surface area contributed by atoms with E-state index in [0.717, 1.165) is 63.4 Å². The van der Waals surface area contributed by atoms with Gasteiger partial charge in [0.05, 0.1) is 6.61 Å². The molecule has 7 heteroatoms. The molecule has 1 spiro atoms. The Labute approximate surface area is 191 Å². The van der Waals surface area contributed by atoms with Crippen LogP contribution in [-0.4, -0.2) is 55.3 Å². The van der Waals surface area contributed by atoms with Crippen LogP contribution in [0.5, 0.6) is 5.88 Å². The number of likely N-dealkylation sites (tertiary alicyclic amines) is 1. The largest absolute Gasteiger partial charge is 0.474 e. The van der Waals surface area contributed by atoms with Crippen LogP contribution >= 0.6 is 24.0 Å². The van der Waals surface area contributed by atoms with Crippen molar-refractivity contribution in [2.75, 3.05) is 33.4 Å². The van der Waals surface area contributed by atoms with Crippen molar-refractivity contribution in [2.24, 2.45) is 16.3 Å². The number of hydrogen-bond acceptors (Lipinski definition) is 4. The SMILES string of the molecule is CN=C(NCc1ccnc(OC2CCC(C)CC2)c1)N1CCC2(CCOC2)C1.I. The standard InChI is InChI=1S/C22H34N4O2.HI/c1-17-3-5-19(6-4-17)28-20-13-18(7-10-24-20)14-25-21(23-2)26-11-8-22(15-26)9-12-27-16-22;/h7,10,13,17,19H,3-6,8-9,11-12,14-16H2,1-2H3,(H,23,25);1H. The molecule has 2 saturated heterocycles. The molecule has 0 amide bonds. The van der Waals surface area contributed by atoms with Crippen LogP contribution in [-0.2, 0) is 11.3 Å². The lowest BCUT2D eigenvalue weighted by atomic mass is 9.87. The van der Waals surface area contributed by atoms with E-state index in [1.54, 1.807) is 0 Å². The molecule has 1 atom stereocenters. The highest BCUT2D eigenvalue weighted by Crippen LogP contribution is 2.38. The minimum absolute atomic E-state index is 0. The first kappa shape index (κ1) is 22.6. The van der Waals surface area contributed by atoms with Crippen LogP contribution in [0.3, 0.4) is 0 Å². The topological polar surface area (TPSA) is 59.0 Å². The van der Waals surface area contributed by atoms with Gasteiger partial charge in [-0.3, -0.25) is 4.99 Å². The highest BCUT2D eigenvalue weighted by molar-refractivity contribution is 14.0. The third-order valence-electron chi connectivity index (χ3n) is 6.63. The molecule has 1 saturated carbocycles. The molecular formula is C22H35IN4O2. The number of guanidine groups is 1. The summed E-state index contributed by atoms with van der Waals surface area (Å²) >= 11 is 0. The Kier molecular flexibility index (Phi) is 8.01. The number of rotatable bonds is 4. The Bertz CT molecular complexity index is 685. The second-order valence-corrected chi connectivity index (χ2v) is 8.88. The molecule has 0 bridgehead atoms. The van der Waals surface area contributed by atoms with Crippen molar-refractivity contribution in [3.63, 3.8) is 0 Å². The third kappa shape index (κ3) is 5.75. The highest BCUT2D eigenvalue weighted by atomic mass is 127. The molecule has 0 radical (unpaired) electrons. The molecule has 0 aromatic carbocycles. The first-order chi connectivity index (χ1) is 13.7. The summed E-state index contributed by atoms with van der Waals surface area (Å²) in [6.45, 7) is 6.94. The van der Waals surface area contributed by atoms with Gasteiger partial charge >= 0.3 is 0 Å². The number of nitrogens with one attached hydrogen (secondary N) is 1. The van der Waals surface area contributed by atoms with E-state index in [0.29, 0.717) is 11.5 Å². The number of nitrogens with zero attached hydrogens (tertiary/aromatic N) is 3. The highest BCUT2D eigenvalue weighted by Gasteiger charge is 2.42. The summed E-state index contributed by atoms with van der Waals surface area (Å²) in [5.74, 6) is 2.55. The van der Waals surface area contributed by atoms with E-state index in [1.807, 2.05) is 19.3 Å². The van der Waals surface area contributed by atoms with Crippen LogP contribution in [0, 0.1) is 11.3 Å². The summed E-state index contributed by atoms with van der Waals surface area (Å²) in [5, 5.41) is 3.52. The zero-order chi connectivity index (χ0) is 19.4. The van der Waals surface area contributed by atoms with Gasteiger partial charge in [0.25, 0.3) is 0 Å². The first-order valence-corrected chi connectivity index (χ1v) is 10.8. The molecule has 2 aliphatic heterocycles. The summed E-state index contributed by atoms with van der Waals surface area (Å²) < 4.78 is 11.8. The first-order valence-electron chi connectivity index (χ1n) is 10.8. The molecule has 1 aliphatic carbocycles. The summed E-state index contributed by atoms with van der Waals surface area (Å²) in [4.78, 5) is 11.3. The lowest BCUT2D eigenvalue weighted by molar-refractivity contribution is 0.130. The van der Waals surface area contributed by atoms with Gasteiger partial charge in [0.1, 0.15) is 6.10 Å². The molecule has 3 aliphatic rings. The lowest BCUT2D eigenvalue weighted by Crippen LogP contribution is -2.41. The quantitative estimate of drug-likeness (QED) is 0.376. The van der Waals surface area contributed by atoms with Gasteiger partial charge in [0.15, 0.2) is 5.96 Å². The van der Waals surface area contributed by atoms with Gasteiger partial charge in [-0.05, 0) is 56.1 Å². The monoisotopic (exact) mass is 514 g/mol. The summed E-state index contributed by atoms with van der Waals surface area (Å²) in [7, 11) is 1.86. The smallest absolute Gasteiger partial charge is 0.213 e. The molecule has 3 fully saturated rings. The molecule has 1 aromatic heterocycles. The maximum absolute atomic E-state index is 6.15. The number of pyridine rings is 1. The predicted octanol–water partition coefficient (Wildman–Crippen LogP) is 3.84. The average molecular weight is 514 g/mol. The Morgan fingerprint density at radius 3 is 2.90 bits per heavy atom. The molecule has 4 rings (SSSR count). The molecule has 162 valence electrons. The maximum atomic E-state index is 6.15. The Hall–Kier alpha value is -1.09. The molecule has 6 nitrogen and oxygen atoms in total. The third-order valence-corrected chi connectivity index (χ3v) is 6.63. The van der Waals surface area contributed by atoms with Gasteiger partial charge in [0.2, 0.25) is 5.88 Å². The average Bonchev–Trinajstić information content (AvgIpc) is 3.35. The van der Waals surface area contributed by atoms with Gasteiger partial charge in [-0.2, -0.15) is 0 Å². The van der Waals surface area contributed by atoms with Crippen molar-refractivity contribution in [3.8, 4) is 5.88 Å². The van der Waals surface area contributed by atoms with Crippen molar-refractivity contribution in [1.29, 1.82) is 0 Å². The van der Waals surface area contributed by atoms with Crippen LogP contribution in [0.2, 0.25) is 0 Å². The second-order valence-electron chi connectivity index (χ2n) is 8.88. The zero-order valence-electron chi connectivity index (χ0n) is 17.7. The van der Waals surface area contributed by atoms with Crippen molar-refractivity contribution >= 4 is 29.9 Å². The number of ether oxygens (including phenoxy) is 2. The Balaban J connectivity index is 0.00000240. The molecule has 1 unspecified atom stereocenters. The van der Waals surface area contributed by atoms with Crippen LogP contribution in [0.1, 0.15) is 51.0 Å². The van der Waals surface area contributed by atoms with Crippen molar-refractivity contribution < 1.29 is 9.47 Å². The maximum Gasteiger partial charge on any atom is 0.213 e. The molecular weight excluding hydrogens is 479 g/mol. The number of aliphatic imine (C=N–C) groups is 1. The van der Waals surface area contributed by atoms with E-state index in [4.69, 9.17) is 9.47 Å². The number of aromatic nitrogens is 1. The van der Waals surface area contributed by atoms with E-state index < -0.39 is 0 Å². The number of halogens is 1. The summed E-state index contributed by atoms with van der Waals surface area (Å²) in [5.41, 5.74) is 1.51. The van der Waals surface area contributed by atoms with Crippen LogP contribution in [0.4, 0.5) is 0 Å². The molecule has 29 heavy (non-hydrogen) atoms. The predicted molar refractivity (Wildman–Crippen MR) is 126 cm³/mol. The van der Waals surface area contributed by atoms with Crippen LogP contribution < -0.4 is 10.1 Å². The van der Waals surface area contributed by atoms with Crippen molar-refractivity contribution in [3.05, 3.63) is 23.9 Å². The zero-order valence-corrected chi connectivity index (χ0v) is 20.1. The van der Waals surface area contributed by atoms with Crippen molar-refractivity contribution in [2.45, 2.75) is 58.1 Å². The van der Waals surface area contributed by atoms with Gasteiger partial charge in [-0.25, -0.2) is 4.98 Å². The normalized spacial score (nSPS) is 29.7. The fourth-order valence-electron chi connectivity index (χ4n) is 4.74. The van der Waals surface area contributed by atoms with Crippen LogP contribution in [0.25, 0.3) is 0 Å². The Morgan fingerprint density at radius 1 is 1.34 bits per heavy atom. The van der Waals surface area contributed by atoms with E-state index in [2.05, 4.69) is 33.2 Å². The minimum Gasteiger partial charge on any atom is -0.474 e. The fourth-order valence-corrected chi connectivity index (χ4v) is 4.74. The van der Waals surface area contributed by atoms with Crippen LogP contribution in [0.15, 0.2) is 23.3 Å². The van der Waals surface area contributed by atoms with E-state index >= 15 is 0 Å². The lowest BCUT2D eigenvalue weighted by Gasteiger charge is -2.26. The van der Waals surface area contributed by atoms with Gasteiger partial charge in [-0.15, -0.1) is 24.0 Å². The minimum atomic E-state index is 0. The Morgan fingerprint density at radius 2 is 2.17 bits per heavy atom. The molecule has 1 N–H and O–H groups in total. The molecule has 3 heterocycles. The summed E-state index contributed by atoms with van der Waals surface area (Å²) in [6.07, 6.45) is 9.31. The van der Waals surface area contributed by atoms with Gasteiger partial charge < -0.3 is 19.7 Å². The van der Waals surface area contributed by atoms with E-state index in [9.17, 15) is 0 Å². The number of hydrogen-bond donors (Lipinski definition) is 1. The van der Waals surface area contributed by atoms with E-state index in [-0.39, 0.29) is 24.0 Å².